The summed E-state index contributed by atoms with van der Waals surface area (Å²) in [5, 5.41) is 9.31. The number of alkyl carbamates (subject to hydrolysis) is 1. The van der Waals surface area contributed by atoms with E-state index in [9.17, 15) is 13.2 Å². The fourth-order valence-corrected chi connectivity index (χ4v) is 5.56. The molecule has 194 valence electrons. The number of benzene rings is 2. The number of rotatable bonds is 4. The number of fused-ring (bicyclic) bond motifs is 1. The lowest BCUT2D eigenvalue weighted by Gasteiger charge is -2.43. The van der Waals surface area contributed by atoms with Crippen molar-refractivity contribution in [3.63, 3.8) is 0 Å². The van der Waals surface area contributed by atoms with E-state index in [2.05, 4.69) is 10.4 Å². The number of aliphatic imine (C=N–C) groups is 1. The molecular formula is C28H32N4O4S. The third-order valence-corrected chi connectivity index (χ3v) is 7.90. The van der Waals surface area contributed by atoms with Crippen LogP contribution < -0.4 is 5.32 Å². The van der Waals surface area contributed by atoms with Gasteiger partial charge in [-0.05, 0) is 68.9 Å². The Morgan fingerprint density at radius 2 is 1.70 bits per heavy atom. The van der Waals surface area contributed by atoms with Crippen LogP contribution in [0.15, 0.2) is 76.8 Å². The molecule has 0 spiro atoms. The van der Waals surface area contributed by atoms with E-state index in [0.29, 0.717) is 5.84 Å². The summed E-state index contributed by atoms with van der Waals surface area (Å²) < 4.78 is 29.9. The van der Waals surface area contributed by atoms with Gasteiger partial charge in [0.25, 0.3) is 0 Å². The molecule has 2 aromatic rings. The van der Waals surface area contributed by atoms with Crippen molar-refractivity contribution in [2.75, 3.05) is 6.26 Å². The zero-order valence-corrected chi connectivity index (χ0v) is 22.3. The molecule has 8 nitrogen and oxygen atoms in total. The van der Waals surface area contributed by atoms with Gasteiger partial charge in [0.05, 0.1) is 5.54 Å². The quantitative estimate of drug-likeness (QED) is 0.611. The third kappa shape index (κ3) is 5.05. The first-order valence-corrected chi connectivity index (χ1v) is 14.3. The first kappa shape index (κ1) is 25.2. The highest BCUT2D eigenvalue weighted by Crippen LogP contribution is 2.45. The molecule has 2 atom stereocenters. The molecule has 1 N–H and O–H groups in total. The summed E-state index contributed by atoms with van der Waals surface area (Å²) >= 11 is 0. The number of carbonyl (C=O) groups is 1. The van der Waals surface area contributed by atoms with Crippen molar-refractivity contribution >= 4 is 26.8 Å². The normalized spacial score (nSPS) is 22.4. The van der Waals surface area contributed by atoms with Crippen LogP contribution >= 0.6 is 0 Å². The second kappa shape index (κ2) is 9.13. The second-order valence-electron chi connectivity index (χ2n) is 10.9. The Morgan fingerprint density at radius 1 is 1.03 bits per heavy atom. The summed E-state index contributed by atoms with van der Waals surface area (Å²) in [5.41, 5.74) is 2.01. The number of nitrogens with one attached hydrogen (secondary N) is 1. The summed E-state index contributed by atoms with van der Waals surface area (Å²) in [4.78, 5) is 17.5. The zero-order valence-electron chi connectivity index (χ0n) is 21.5. The van der Waals surface area contributed by atoms with Crippen LogP contribution in [0.25, 0.3) is 0 Å². The molecule has 9 heteroatoms. The Hall–Kier alpha value is -3.46. The van der Waals surface area contributed by atoms with Gasteiger partial charge in [-0.3, -0.25) is 4.99 Å². The minimum Gasteiger partial charge on any atom is -0.444 e. The maximum Gasteiger partial charge on any atom is 0.408 e. The topological polar surface area (TPSA) is 100 Å². The van der Waals surface area contributed by atoms with Gasteiger partial charge in [-0.2, -0.15) is 5.10 Å². The van der Waals surface area contributed by atoms with Gasteiger partial charge < -0.3 is 10.1 Å². The van der Waals surface area contributed by atoms with Gasteiger partial charge in [0.1, 0.15) is 23.5 Å². The van der Waals surface area contributed by atoms with Gasteiger partial charge in [0, 0.05) is 6.26 Å². The SMILES string of the molecule is CC(C)(C)OC(=O)NC1(c2ccc(C3N=C4C=CC(S(C)(=O)=O)=NN4C3c3ccccc3)cc2)CCC1. The molecule has 3 aliphatic rings. The summed E-state index contributed by atoms with van der Waals surface area (Å²) in [7, 11) is -3.47. The van der Waals surface area contributed by atoms with Crippen molar-refractivity contribution in [1.29, 1.82) is 0 Å². The Kier molecular flexibility index (Phi) is 6.22. The average Bonchev–Trinajstić information content (AvgIpc) is 3.19. The van der Waals surface area contributed by atoms with E-state index in [0.717, 1.165) is 42.2 Å². The highest BCUT2D eigenvalue weighted by atomic mass is 32.2. The molecule has 5 rings (SSSR count). The highest BCUT2D eigenvalue weighted by molar-refractivity contribution is 8.06. The molecule has 1 fully saturated rings. The van der Waals surface area contributed by atoms with E-state index in [4.69, 9.17) is 9.73 Å². The predicted octanol–water partition coefficient (Wildman–Crippen LogP) is 5.01. The monoisotopic (exact) mass is 520 g/mol. The molecule has 2 aromatic carbocycles. The van der Waals surface area contributed by atoms with E-state index in [1.54, 1.807) is 11.1 Å². The maximum atomic E-state index is 12.5. The molecule has 37 heavy (non-hydrogen) atoms. The maximum absolute atomic E-state index is 12.5. The molecule has 0 aromatic heterocycles. The number of hydrogen-bond acceptors (Lipinski definition) is 7. The lowest BCUT2D eigenvalue weighted by atomic mass is 9.71. The summed E-state index contributed by atoms with van der Waals surface area (Å²) in [6, 6.07) is 17.5. The molecule has 0 saturated heterocycles. The van der Waals surface area contributed by atoms with E-state index >= 15 is 0 Å². The predicted molar refractivity (Wildman–Crippen MR) is 144 cm³/mol. The summed E-state index contributed by atoms with van der Waals surface area (Å²) in [6.07, 6.45) is 6.70. The Morgan fingerprint density at radius 3 is 2.27 bits per heavy atom. The minimum absolute atomic E-state index is 0.0171. The minimum atomic E-state index is -3.47. The van der Waals surface area contributed by atoms with Crippen LogP contribution in [0.5, 0.6) is 0 Å². The van der Waals surface area contributed by atoms with E-state index < -0.39 is 27.1 Å². The van der Waals surface area contributed by atoms with Crippen LogP contribution in [0.3, 0.4) is 0 Å². The van der Waals surface area contributed by atoms with Crippen LogP contribution in [0.1, 0.15) is 68.8 Å². The summed E-state index contributed by atoms with van der Waals surface area (Å²) in [6.45, 7) is 5.56. The molecular weight excluding hydrogens is 488 g/mol. The van der Waals surface area contributed by atoms with Crippen LogP contribution in [0, 0.1) is 0 Å². The highest BCUT2D eigenvalue weighted by Gasteiger charge is 2.43. The average molecular weight is 521 g/mol. The van der Waals surface area contributed by atoms with Gasteiger partial charge in [-0.25, -0.2) is 18.2 Å². The van der Waals surface area contributed by atoms with Crippen molar-refractivity contribution in [3.05, 3.63) is 83.4 Å². The number of hydrogen-bond donors (Lipinski definition) is 1. The molecule has 2 unspecified atom stereocenters. The van der Waals surface area contributed by atoms with Gasteiger partial charge in [0.2, 0.25) is 0 Å². The number of amidine groups is 1. The molecule has 1 aliphatic carbocycles. The summed E-state index contributed by atoms with van der Waals surface area (Å²) in [5.74, 6) is 0.623. The number of hydrazone groups is 1. The number of sulfone groups is 1. The zero-order chi connectivity index (χ0) is 26.4. The molecule has 0 radical (unpaired) electrons. The number of nitrogens with zero attached hydrogens (tertiary/aromatic N) is 3. The Balaban J connectivity index is 1.45. The fourth-order valence-electron chi connectivity index (χ4n) is 5.01. The van der Waals surface area contributed by atoms with Crippen molar-refractivity contribution < 1.29 is 17.9 Å². The molecule has 2 aliphatic heterocycles. The first-order chi connectivity index (χ1) is 17.5. The van der Waals surface area contributed by atoms with Crippen LogP contribution in [0.4, 0.5) is 4.79 Å². The standard InChI is InChI=1S/C28H32N4O4S/c1-27(2,3)36-26(33)30-28(17-8-18-28)21-13-11-19(12-14-21)24-25(20-9-6-5-7-10-20)32-22(29-24)15-16-23(31-32)37(4,34)35/h5-7,9-16,24-25H,8,17-18H2,1-4H3,(H,30,33). The lowest BCUT2D eigenvalue weighted by molar-refractivity contribution is 0.0377. The van der Waals surface area contributed by atoms with Crippen LogP contribution in [-0.4, -0.2) is 42.3 Å². The van der Waals surface area contributed by atoms with Crippen molar-refractivity contribution in [3.8, 4) is 0 Å². The van der Waals surface area contributed by atoms with E-state index in [1.807, 2.05) is 75.4 Å². The molecule has 2 heterocycles. The van der Waals surface area contributed by atoms with Crippen molar-refractivity contribution in [1.82, 2.24) is 10.3 Å². The Labute approximate surface area is 218 Å². The lowest BCUT2D eigenvalue weighted by Crippen LogP contribution is -2.52. The number of carbonyl (C=O) groups excluding carboxylic acids is 1. The van der Waals surface area contributed by atoms with Crippen LogP contribution in [-0.2, 0) is 20.1 Å². The fraction of sp³-hybridized carbons (Fsp3) is 0.393. The molecule has 1 amide bonds. The van der Waals surface area contributed by atoms with Gasteiger partial charge in [-0.1, -0.05) is 54.6 Å². The molecule has 1 saturated carbocycles. The number of ether oxygens (including phenoxy) is 1. The van der Waals surface area contributed by atoms with E-state index in [-0.39, 0.29) is 17.1 Å². The second-order valence-corrected chi connectivity index (χ2v) is 12.8. The third-order valence-electron chi connectivity index (χ3n) is 6.92. The van der Waals surface area contributed by atoms with Gasteiger partial charge in [0.15, 0.2) is 14.9 Å². The van der Waals surface area contributed by atoms with Crippen LogP contribution in [0.2, 0.25) is 0 Å². The number of amides is 1. The largest absolute Gasteiger partial charge is 0.444 e. The molecule has 0 bridgehead atoms. The van der Waals surface area contributed by atoms with Gasteiger partial charge in [-0.15, -0.1) is 0 Å². The first-order valence-electron chi connectivity index (χ1n) is 12.5. The Bertz CT molecular complexity index is 1390. The van der Waals surface area contributed by atoms with Crippen molar-refractivity contribution in [2.45, 2.75) is 63.3 Å². The van der Waals surface area contributed by atoms with Crippen molar-refractivity contribution in [2.24, 2.45) is 10.1 Å². The smallest absolute Gasteiger partial charge is 0.408 e. The van der Waals surface area contributed by atoms with E-state index in [1.165, 1.54) is 6.08 Å². The van der Waals surface area contributed by atoms with Gasteiger partial charge >= 0.3 is 6.09 Å².